The van der Waals surface area contributed by atoms with Crippen molar-refractivity contribution in [2.75, 3.05) is 25.3 Å². The summed E-state index contributed by atoms with van der Waals surface area (Å²) in [6.45, 7) is 0. The minimum absolute atomic E-state index is 0.0374. The van der Waals surface area contributed by atoms with Gasteiger partial charge in [0, 0.05) is 6.07 Å². The van der Waals surface area contributed by atoms with Crippen LogP contribution in [-0.4, -0.2) is 41.4 Å². The monoisotopic (exact) mass is 475 g/mol. The third kappa shape index (κ3) is 4.79. The number of nitrogens with one attached hydrogen (secondary N) is 1. The lowest BCUT2D eigenvalue weighted by Crippen LogP contribution is -2.23. The zero-order valence-corrected chi connectivity index (χ0v) is 19.3. The number of rotatable bonds is 7. The Bertz CT molecular complexity index is 1430. The number of para-hydroxylation sites is 2. The minimum Gasteiger partial charge on any atom is -0.497 e. The van der Waals surface area contributed by atoms with Gasteiger partial charge >= 0.3 is 5.97 Å². The van der Waals surface area contributed by atoms with Crippen LogP contribution >= 0.6 is 11.8 Å². The van der Waals surface area contributed by atoms with E-state index in [-0.39, 0.29) is 22.8 Å². The third-order valence-electron chi connectivity index (χ3n) is 5.00. The van der Waals surface area contributed by atoms with Crippen molar-refractivity contribution in [3.8, 4) is 11.4 Å². The molecule has 3 aromatic carbocycles. The molecule has 0 saturated carbocycles. The van der Waals surface area contributed by atoms with Crippen molar-refractivity contribution in [1.29, 1.82) is 0 Å². The van der Waals surface area contributed by atoms with Crippen molar-refractivity contribution in [2.45, 2.75) is 5.16 Å². The molecular weight excluding hydrogens is 454 g/mol. The molecule has 1 heterocycles. The Morgan fingerprint density at radius 2 is 1.76 bits per heavy atom. The van der Waals surface area contributed by atoms with E-state index >= 15 is 0 Å². The second-order valence-electron chi connectivity index (χ2n) is 7.13. The van der Waals surface area contributed by atoms with E-state index in [0.717, 1.165) is 11.8 Å². The van der Waals surface area contributed by atoms with Gasteiger partial charge in [-0.05, 0) is 36.4 Å². The summed E-state index contributed by atoms with van der Waals surface area (Å²) in [6.07, 6.45) is 0. The van der Waals surface area contributed by atoms with Crippen LogP contribution in [0.5, 0.6) is 5.75 Å². The summed E-state index contributed by atoms with van der Waals surface area (Å²) in [5.74, 6) is -0.359. The highest BCUT2D eigenvalue weighted by Crippen LogP contribution is 2.24. The van der Waals surface area contributed by atoms with Gasteiger partial charge in [-0.3, -0.25) is 14.2 Å². The maximum atomic E-state index is 13.4. The predicted molar refractivity (Wildman–Crippen MR) is 131 cm³/mol. The van der Waals surface area contributed by atoms with Gasteiger partial charge in [0.05, 0.1) is 47.8 Å². The lowest BCUT2D eigenvalue weighted by molar-refractivity contribution is -0.113. The van der Waals surface area contributed by atoms with Crippen molar-refractivity contribution in [1.82, 2.24) is 9.55 Å². The number of nitrogens with zero attached hydrogens (tertiary/aromatic N) is 2. The zero-order valence-electron chi connectivity index (χ0n) is 18.5. The molecule has 0 aliphatic rings. The molecule has 0 aliphatic carbocycles. The number of esters is 1. The number of carbonyl (C=O) groups excluding carboxylic acids is 2. The molecule has 1 N–H and O–H groups in total. The highest BCUT2D eigenvalue weighted by molar-refractivity contribution is 7.99. The average Bonchev–Trinajstić information content (AvgIpc) is 2.87. The molecule has 0 radical (unpaired) electrons. The van der Waals surface area contributed by atoms with E-state index in [0.29, 0.717) is 33.2 Å². The van der Waals surface area contributed by atoms with Gasteiger partial charge in [0.15, 0.2) is 5.16 Å². The number of anilines is 1. The lowest BCUT2D eigenvalue weighted by atomic mass is 10.2. The quantitative estimate of drug-likeness (QED) is 0.246. The Hall–Kier alpha value is -4.11. The topological polar surface area (TPSA) is 99.5 Å². The average molecular weight is 476 g/mol. The predicted octanol–water partition coefficient (Wildman–Crippen LogP) is 3.91. The second kappa shape index (κ2) is 10.2. The molecule has 0 aliphatic heterocycles. The number of benzene rings is 3. The maximum absolute atomic E-state index is 13.4. The molecule has 0 saturated heterocycles. The SMILES string of the molecule is COC(=O)c1ccccc1NC(=O)CSc1nc2ccccc2c(=O)n1-c1cccc(OC)c1. The molecular formula is C25H21N3O5S. The van der Waals surface area contributed by atoms with Gasteiger partial charge in [-0.2, -0.15) is 0 Å². The molecule has 4 aromatic rings. The number of carbonyl (C=O) groups is 2. The van der Waals surface area contributed by atoms with Crippen LogP contribution in [0.25, 0.3) is 16.6 Å². The van der Waals surface area contributed by atoms with Gasteiger partial charge < -0.3 is 14.8 Å². The molecule has 34 heavy (non-hydrogen) atoms. The largest absolute Gasteiger partial charge is 0.497 e. The summed E-state index contributed by atoms with van der Waals surface area (Å²) >= 11 is 1.11. The van der Waals surface area contributed by atoms with Crippen LogP contribution in [0.2, 0.25) is 0 Å². The fourth-order valence-electron chi connectivity index (χ4n) is 3.38. The van der Waals surface area contributed by atoms with Crippen molar-refractivity contribution in [2.24, 2.45) is 0 Å². The summed E-state index contributed by atoms with van der Waals surface area (Å²) < 4.78 is 11.5. The summed E-state index contributed by atoms with van der Waals surface area (Å²) in [6, 6.07) is 20.7. The van der Waals surface area contributed by atoms with Crippen LogP contribution < -0.4 is 15.6 Å². The number of methoxy groups -OCH3 is 2. The second-order valence-corrected chi connectivity index (χ2v) is 8.07. The Morgan fingerprint density at radius 3 is 2.56 bits per heavy atom. The van der Waals surface area contributed by atoms with Crippen molar-refractivity contribution >= 4 is 40.2 Å². The number of ether oxygens (including phenoxy) is 2. The van der Waals surface area contributed by atoms with Gasteiger partial charge in [0.25, 0.3) is 5.56 Å². The van der Waals surface area contributed by atoms with Crippen molar-refractivity contribution in [3.63, 3.8) is 0 Å². The summed E-state index contributed by atoms with van der Waals surface area (Å²) in [7, 11) is 2.83. The normalized spacial score (nSPS) is 10.6. The molecule has 0 bridgehead atoms. The summed E-state index contributed by atoms with van der Waals surface area (Å²) in [4.78, 5) is 42.7. The number of amides is 1. The molecule has 0 fully saturated rings. The first kappa shape index (κ1) is 23.1. The van der Waals surface area contributed by atoms with E-state index in [9.17, 15) is 14.4 Å². The maximum Gasteiger partial charge on any atom is 0.339 e. The molecule has 1 amide bonds. The number of fused-ring (bicyclic) bond motifs is 1. The van der Waals surface area contributed by atoms with Crippen LogP contribution in [0.15, 0.2) is 82.7 Å². The highest BCUT2D eigenvalue weighted by atomic mass is 32.2. The Labute approximate surface area is 199 Å². The van der Waals surface area contributed by atoms with Crippen LogP contribution in [0, 0.1) is 0 Å². The fraction of sp³-hybridized carbons (Fsp3) is 0.120. The molecule has 8 nitrogen and oxygen atoms in total. The van der Waals surface area contributed by atoms with Gasteiger partial charge in [-0.15, -0.1) is 0 Å². The van der Waals surface area contributed by atoms with E-state index in [1.807, 2.05) is 0 Å². The molecule has 172 valence electrons. The zero-order chi connectivity index (χ0) is 24.1. The molecule has 1 aromatic heterocycles. The van der Waals surface area contributed by atoms with Crippen LogP contribution in [0.1, 0.15) is 10.4 Å². The molecule has 0 atom stereocenters. The van der Waals surface area contributed by atoms with Gasteiger partial charge in [-0.25, -0.2) is 9.78 Å². The smallest absolute Gasteiger partial charge is 0.339 e. The standard InChI is InChI=1S/C25H21N3O5S/c1-32-17-9-7-8-16(14-17)28-23(30)18-10-3-5-12-20(18)27-25(28)34-15-22(29)26-21-13-6-4-11-19(21)24(31)33-2/h3-14H,15H2,1-2H3,(H,26,29). The Kier molecular flexibility index (Phi) is 6.93. The van der Waals surface area contributed by atoms with Crippen LogP contribution in [0.3, 0.4) is 0 Å². The Morgan fingerprint density at radius 1 is 1.00 bits per heavy atom. The first-order valence-corrected chi connectivity index (χ1v) is 11.3. The summed E-state index contributed by atoms with van der Waals surface area (Å²) in [5, 5.41) is 3.55. The van der Waals surface area contributed by atoms with Crippen LogP contribution in [0.4, 0.5) is 5.69 Å². The van der Waals surface area contributed by atoms with Crippen molar-refractivity contribution < 1.29 is 19.1 Å². The van der Waals surface area contributed by atoms with Gasteiger partial charge in [0.1, 0.15) is 5.75 Å². The van der Waals surface area contributed by atoms with Crippen LogP contribution in [-0.2, 0) is 9.53 Å². The molecule has 4 rings (SSSR count). The van der Waals surface area contributed by atoms with E-state index < -0.39 is 5.97 Å². The lowest BCUT2D eigenvalue weighted by Gasteiger charge is -2.14. The fourth-order valence-corrected chi connectivity index (χ4v) is 4.20. The first-order valence-electron chi connectivity index (χ1n) is 10.3. The van der Waals surface area contributed by atoms with Gasteiger partial charge in [0.2, 0.25) is 5.91 Å². The van der Waals surface area contributed by atoms with Gasteiger partial charge in [-0.1, -0.05) is 42.1 Å². The van der Waals surface area contributed by atoms with E-state index in [1.165, 1.54) is 11.7 Å². The van der Waals surface area contributed by atoms with E-state index in [1.54, 1.807) is 79.9 Å². The number of thioether (sulfide) groups is 1. The minimum atomic E-state index is -0.549. The highest BCUT2D eigenvalue weighted by Gasteiger charge is 2.17. The molecule has 9 heteroatoms. The molecule has 0 unspecified atom stereocenters. The number of hydrogen-bond acceptors (Lipinski definition) is 7. The van der Waals surface area contributed by atoms with E-state index in [4.69, 9.17) is 9.47 Å². The first-order chi connectivity index (χ1) is 16.5. The number of aromatic nitrogens is 2. The summed E-state index contributed by atoms with van der Waals surface area (Å²) in [5.41, 5.74) is 1.45. The third-order valence-corrected chi connectivity index (χ3v) is 5.93. The van der Waals surface area contributed by atoms with E-state index in [2.05, 4.69) is 10.3 Å². The Balaban J connectivity index is 1.66. The van der Waals surface area contributed by atoms with Crippen molar-refractivity contribution in [3.05, 3.63) is 88.7 Å². The number of hydrogen-bond donors (Lipinski definition) is 1. The molecule has 0 spiro atoms.